The Balaban J connectivity index is 2.44. The number of benzene rings is 1. The molecule has 15 heavy (non-hydrogen) atoms. The van der Waals surface area contributed by atoms with Crippen molar-refractivity contribution >= 4 is 21.8 Å². The normalized spacial score (nSPS) is 9.80. The summed E-state index contributed by atoms with van der Waals surface area (Å²) >= 11 is 3.41. The van der Waals surface area contributed by atoms with Crippen molar-refractivity contribution in [2.45, 2.75) is 13.3 Å². The number of amides is 1. The van der Waals surface area contributed by atoms with Crippen LogP contribution >= 0.6 is 15.9 Å². The van der Waals surface area contributed by atoms with E-state index in [2.05, 4.69) is 21.2 Å². The summed E-state index contributed by atoms with van der Waals surface area (Å²) in [5, 5.41) is 2.55. The Bertz CT molecular complexity index is 352. The van der Waals surface area contributed by atoms with Crippen molar-refractivity contribution in [3.8, 4) is 5.75 Å². The van der Waals surface area contributed by atoms with Gasteiger partial charge in [0.1, 0.15) is 5.75 Å². The maximum Gasteiger partial charge on any atom is 0.223 e. The summed E-state index contributed by atoms with van der Waals surface area (Å²) in [6.45, 7) is 2.40. The van der Waals surface area contributed by atoms with Crippen molar-refractivity contribution < 1.29 is 9.53 Å². The van der Waals surface area contributed by atoms with E-state index < -0.39 is 0 Å². The number of halogens is 1. The van der Waals surface area contributed by atoms with Crippen LogP contribution in [0.15, 0.2) is 22.7 Å². The van der Waals surface area contributed by atoms with Crippen LogP contribution in [-0.4, -0.2) is 19.6 Å². The number of carbonyl (C=O) groups is 1. The molecule has 0 atom stereocenters. The number of carbonyl (C=O) groups excluding carboxylic acids is 1. The largest absolute Gasteiger partial charge is 0.493 e. The van der Waals surface area contributed by atoms with Gasteiger partial charge in [-0.25, -0.2) is 0 Å². The van der Waals surface area contributed by atoms with E-state index in [-0.39, 0.29) is 5.91 Å². The quantitative estimate of drug-likeness (QED) is 0.913. The predicted molar refractivity (Wildman–Crippen MR) is 63.1 cm³/mol. The summed E-state index contributed by atoms with van der Waals surface area (Å²) < 4.78 is 6.49. The van der Waals surface area contributed by atoms with Crippen molar-refractivity contribution in [3.05, 3.63) is 28.2 Å². The van der Waals surface area contributed by atoms with Crippen LogP contribution in [0.4, 0.5) is 0 Å². The van der Waals surface area contributed by atoms with Crippen LogP contribution in [0, 0.1) is 6.92 Å². The fourth-order valence-corrected chi connectivity index (χ4v) is 1.34. The third kappa shape index (κ3) is 3.91. The highest BCUT2D eigenvalue weighted by Gasteiger charge is 2.00. The minimum atomic E-state index is -0.0103. The number of hydrogen-bond acceptors (Lipinski definition) is 2. The number of ether oxygens (including phenoxy) is 1. The van der Waals surface area contributed by atoms with E-state index in [0.717, 1.165) is 15.8 Å². The standard InChI is InChI=1S/C11H14BrNO2/c1-8-7-9(3-4-10(8)12)15-6-5-11(14)13-2/h3-4,7H,5-6H2,1-2H3,(H,13,14). The summed E-state index contributed by atoms with van der Waals surface area (Å²) in [5.74, 6) is 0.781. The number of rotatable bonds is 4. The van der Waals surface area contributed by atoms with Gasteiger partial charge in [0.25, 0.3) is 0 Å². The average molecular weight is 272 g/mol. The summed E-state index contributed by atoms with van der Waals surface area (Å²) in [6, 6.07) is 5.75. The van der Waals surface area contributed by atoms with E-state index in [9.17, 15) is 4.79 Å². The topological polar surface area (TPSA) is 38.3 Å². The van der Waals surface area contributed by atoms with Crippen LogP contribution in [0.25, 0.3) is 0 Å². The minimum Gasteiger partial charge on any atom is -0.493 e. The predicted octanol–water partition coefficient (Wildman–Crippen LogP) is 2.27. The van der Waals surface area contributed by atoms with Gasteiger partial charge in [0.2, 0.25) is 5.91 Å². The van der Waals surface area contributed by atoms with Gasteiger partial charge in [0.05, 0.1) is 13.0 Å². The van der Waals surface area contributed by atoms with Gasteiger partial charge in [-0.2, -0.15) is 0 Å². The Morgan fingerprint density at radius 2 is 2.27 bits per heavy atom. The molecule has 0 saturated heterocycles. The number of hydrogen-bond donors (Lipinski definition) is 1. The fourth-order valence-electron chi connectivity index (χ4n) is 1.09. The monoisotopic (exact) mass is 271 g/mol. The minimum absolute atomic E-state index is 0.0103. The Labute approximate surface area is 97.9 Å². The highest BCUT2D eigenvalue weighted by Crippen LogP contribution is 2.21. The van der Waals surface area contributed by atoms with Crippen molar-refractivity contribution in [1.82, 2.24) is 5.32 Å². The van der Waals surface area contributed by atoms with Crippen molar-refractivity contribution in [2.75, 3.05) is 13.7 Å². The van der Waals surface area contributed by atoms with Gasteiger partial charge in [-0.15, -0.1) is 0 Å². The molecule has 1 amide bonds. The molecule has 1 aromatic rings. The Morgan fingerprint density at radius 3 is 2.87 bits per heavy atom. The van der Waals surface area contributed by atoms with Crippen molar-refractivity contribution in [1.29, 1.82) is 0 Å². The second kappa shape index (κ2) is 5.75. The lowest BCUT2D eigenvalue weighted by Gasteiger charge is -2.07. The van der Waals surface area contributed by atoms with Crippen LogP contribution in [0.2, 0.25) is 0 Å². The van der Waals surface area contributed by atoms with E-state index >= 15 is 0 Å². The molecule has 3 nitrogen and oxygen atoms in total. The molecular formula is C11H14BrNO2. The van der Waals surface area contributed by atoms with Gasteiger partial charge in [0.15, 0.2) is 0 Å². The Hall–Kier alpha value is -1.03. The van der Waals surface area contributed by atoms with E-state index in [1.807, 2.05) is 25.1 Å². The average Bonchev–Trinajstić information content (AvgIpc) is 2.23. The summed E-state index contributed by atoms with van der Waals surface area (Å²) in [5.41, 5.74) is 1.12. The first-order valence-corrected chi connectivity index (χ1v) is 5.52. The van der Waals surface area contributed by atoms with Crippen molar-refractivity contribution in [3.63, 3.8) is 0 Å². The van der Waals surface area contributed by atoms with Gasteiger partial charge in [-0.1, -0.05) is 15.9 Å². The molecule has 0 spiro atoms. The summed E-state index contributed by atoms with van der Waals surface area (Å²) in [7, 11) is 1.62. The zero-order valence-electron chi connectivity index (χ0n) is 8.84. The van der Waals surface area contributed by atoms with Crippen LogP contribution in [-0.2, 0) is 4.79 Å². The molecule has 0 aliphatic heterocycles. The lowest BCUT2D eigenvalue weighted by molar-refractivity contribution is -0.121. The molecule has 4 heteroatoms. The molecule has 1 N–H and O–H groups in total. The van der Waals surface area contributed by atoms with Crippen LogP contribution in [0.3, 0.4) is 0 Å². The lowest BCUT2D eigenvalue weighted by Crippen LogP contribution is -2.20. The number of aryl methyl sites for hydroxylation is 1. The second-order valence-corrected chi connectivity index (χ2v) is 4.04. The van der Waals surface area contributed by atoms with E-state index in [4.69, 9.17) is 4.74 Å². The highest BCUT2D eigenvalue weighted by atomic mass is 79.9. The fraction of sp³-hybridized carbons (Fsp3) is 0.364. The molecule has 0 saturated carbocycles. The van der Waals surface area contributed by atoms with E-state index in [1.54, 1.807) is 7.05 Å². The molecule has 1 aromatic carbocycles. The van der Waals surface area contributed by atoms with Crippen molar-refractivity contribution in [2.24, 2.45) is 0 Å². The zero-order chi connectivity index (χ0) is 11.3. The smallest absolute Gasteiger partial charge is 0.223 e. The number of nitrogens with one attached hydrogen (secondary N) is 1. The first-order valence-electron chi connectivity index (χ1n) is 4.73. The summed E-state index contributed by atoms with van der Waals surface area (Å²) in [6.07, 6.45) is 0.381. The third-order valence-electron chi connectivity index (χ3n) is 2.01. The molecule has 82 valence electrons. The molecule has 0 unspecified atom stereocenters. The van der Waals surface area contributed by atoms with Gasteiger partial charge in [-0.3, -0.25) is 4.79 Å². The maximum atomic E-state index is 10.9. The highest BCUT2D eigenvalue weighted by molar-refractivity contribution is 9.10. The third-order valence-corrected chi connectivity index (χ3v) is 2.90. The molecule has 0 radical (unpaired) electrons. The maximum absolute atomic E-state index is 10.9. The lowest BCUT2D eigenvalue weighted by atomic mass is 10.2. The molecule has 0 bridgehead atoms. The van der Waals surface area contributed by atoms with Gasteiger partial charge >= 0.3 is 0 Å². The molecule has 0 fully saturated rings. The second-order valence-electron chi connectivity index (χ2n) is 3.18. The molecule has 0 aromatic heterocycles. The van der Waals surface area contributed by atoms with Gasteiger partial charge in [-0.05, 0) is 30.7 Å². The van der Waals surface area contributed by atoms with E-state index in [1.165, 1.54) is 0 Å². The SMILES string of the molecule is CNC(=O)CCOc1ccc(Br)c(C)c1. The molecule has 1 rings (SSSR count). The van der Waals surface area contributed by atoms with Gasteiger partial charge in [0, 0.05) is 11.5 Å². The summed E-state index contributed by atoms with van der Waals surface area (Å²) in [4.78, 5) is 10.9. The Kier molecular flexibility index (Phi) is 4.62. The van der Waals surface area contributed by atoms with Crippen LogP contribution in [0.5, 0.6) is 5.75 Å². The van der Waals surface area contributed by atoms with Gasteiger partial charge < -0.3 is 10.1 Å². The zero-order valence-corrected chi connectivity index (χ0v) is 10.4. The van der Waals surface area contributed by atoms with Crippen LogP contribution in [0.1, 0.15) is 12.0 Å². The molecule has 0 heterocycles. The molecular weight excluding hydrogens is 258 g/mol. The molecule has 0 aliphatic carbocycles. The molecule has 0 aliphatic rings. The first-order chi connectivity index (χ1) is 7.13. The first kappa shape index (κ1) is 12.0. The van der Waals surface area contributed by atoms with E-state index in [0.29, 0.717) is 13.0 Å². The Morgan fingerprint density at radius 1 is 1.53 bits per heavy atom. The van der Waals surface area contributed by atoms with Crippen LogP contribution < -0.4 is 10.1 Å².